The number of carboxylic acids is 9. The van der Waals surface area contributed by atoms with Gasteiger partial charge in [0.15, 0.2) is 0 Å². The Kier molecular flexibility index (Phi) is 38.6. The minimum atomic E-state index is -1.51. The lowest BCUT2D eigenvalue weighted by Crippen LogP contribution is -2.53. The number of carbonyl (C=O) groups is 11. The number of carbonyl (C=O) groups excluding carboxylic acids is 2. The summed E-state index contributed by atoms with van der Waals surface area (Å²) >= 11 is 0. The molecule has 5 heterocycles. The highest BCUT2D eigenvalue weighted by molar-refractivity contribution is 5.86. The maximum Gasteiger partial charge on any atom is 0.326 e. The first-order chi connectivity index (χ1) is 52.6. The van der Waals surface area contributed by atoms with Gasteiger partial charge in [-0.2, -0.15) is 15.0 Å². The molecule has 1 unspecified atom stereocenters. The van der Waals surface area contributed by atoms with Crippen molar-refractivity contribution in [1.82, 2.24) is 79.4 Å². The summed E-state index contributed by atoms with van der Waals surface area (Å²) in [4.78, 5) is 168. The van der Waals surface area contributed by atoms with Gasteiger partial charge in [0.05, 0.1) is 39.3 Å². The van der Waals surface area contributed by atoms with Gasteiger partial charge >= 0.3 is 59.8 Å². The number of piperazine rings is 1. The van der Waals surface area contributed by atoms with Gasteiger partial charge in [0.1, 0.15) is 42.6 Å². The molecule has 3 aromatic heterocycles. The lowest BCUT2D eigenvalue weighted by molar-refractivity contribution is -0.142. The van der Waals surface area contributed by atoms with Crippen molar-refractivity contribution in [2.75, 3.05) is 128 Å². The molecule has 2 fully saturated rings. The summed E-state index contributed by atoms with van der Waals surface area (Å²) < 4.78 is 3.13. The second kappa shape index (κ2) is 47.8. The van der Waals surface area contributed by atoms with Crippen LogP contribution in [-0.2, 0) is 87.0 Å². The Morgan fingerprint density at radius 2 is 0.991 bits per heavy atom. The number of aliphatic carboxylic acids is 9. The zero-order chi connectivity index (χ0) is 79.9. The highest BCUT2D eigenvalue weighted by Gasteiger charge is 2.30. The minimum Gasteiger partial charge on any atom is -0.481 e. The Hall–Kier alpha value is -10.0. The number of hydrogen-bond acceptors (Lipinski definition) is 24. The Morgan fingerprint density at radius 3 is 1.55 bits per heavy atom. The van der Waals surface area contributed by atoms with Gasteiger partial charge in [-0.05, 0) is 88.9 Å². The van der Waals surface area contributed by atoms with Gasteiger partial charge in [-0.15, -0.1) is 0 Å². The van der Waals surface area contributed by atoms with Gasteiger partial charge < -0.3 is 81.3 Å². The van der Waals surface area contributed by atoms with Crippen molar-refractivity contribution in [3.63, 3.8) is 0 Å². The molecule has 110 heavy (non-hydrogen) atoms. The number of aromatic nitrogens is 7. The number of rotatable bonds is 51. The van der Waals surface area contributed by atoms with Gasteiger partial charge in [-0.25, -0.2) is 24.4 Å². The van der Waals surface area contributed by atoms with E-state index in [1.54, 1.807) is 53.5 Å². The van der Waals surface area contributed by atoms with E-state index in [-0.39, 0.29) is 103 Å². The molecule has 2 saturated heterocycles. The molecule has 4 aromatic rings. The molecule has 608 valence electrons. The number of anilines is 2. The Labute approximate surface area is 638 Å². The molecule has 0 radical (unpaired) electrons. The van der Waals surface area contributed by atoms with E-state index in [9.17, 15) is 93.6 Å². The molecule has 1 aromatic carbocycles. The van der Waals surface area contributed by atoms with E-state index >= 15 is 0 Å². The van der Waals surface area contributed by atoms with Gasteiger partial charge in [0, 0.05) is 135 Å². The van der Waals surface area contributed by atoms with E-state index in [4.69, 9.17) is 20.1 Å². The highest BCUT2D eigenvalue weighted by atomic mass is 16.4. The Morgan fingerprint density at radius 1 is 0.491 bits per heavy atom. The molecule has 6 rings (SSSR count). The molecule has 3 amide bonds. The third-order valence-electron chi connectivity index (χ3n) is 19.2. The standard InChI is InChI=1S/C72H110N18O20/c1-51(14-10-13-27-85(43-58-73-24-28-89(58)49-66(102)103)44-59-74-25-29-90(59)50-67(104)105)76-70-79-57(41-53-19-17-52(18-20-53)40-54-42-86(47-64(98)99)33-32-83(45-62(94)95)30-31-84(46-63(96)97)36-39-88(54)48-65(100)101)80-71(81-70)87-37-34-82(35-38-87)26-12-7-5-3-2-4-6-8-16-60(91)75-23-11-9-15-55(68(106)107)77-72(110)78-56(69(108)109)21-22-61(92)93/h17-20,24-25,28-29,51,54-56H,2-16,21-23,26-27,30-50H2,1H3,(H,75,91)(H,92,93)(H,94,95)(H,96,97)(H,98,99)(H,100,101)(H,102,103)(H,104,105)(H,106,107)(H,108,109)(H2,77,78,110)(H,76,79,80,81)/t51-,54?,55-,56-/m0/s1. The average molecular weight is 1550 g/mol. The molecule has 13 N–H and O–H groups in total. The lowest BCUT2D eigenvalue weighted by Gasteiger charge is -2.37. The molecule has 38 nitrogen and oxygen atoms in total. The summed E-state index contributed by atoms with van der Waals surface area (Å²) in [6.07, 6.45) is 17.4. The molecular formula is C72H110N18O20. The third kappa shape index (κ3) is 35.1. The number of imidazole rings is 2. The first-order valence-corrected chi connectivity index (χ1v) is 37.6. The zero-order valence-electron chi connectivity index (χ0n) is 62.7. The topological polar surface area (TPSA) is 515 Å². The number of nitrogens with zero attached hydrogens (tertiary/aromatic N) is 14. The lowest BCUT2D eigenvalue weighted by atomic mass is 10.0. The van der Waals surface area contributed by atoms with Crippen molar-refractivity contribution in [3.05, 3.63) is 77.7 Å². The zero-order valence-corrected chi connectivity index (χ0v) is 62.7. The van der Waals surface area contributed by atoms with E-state index in [2.05, 4.69) is 45.9 Å². The van der Waals surface area contributed by atoms with Crippen LogP contribution in [-0.4, -0.2) is 317 Å². The maximum absolute atomic E-state index is 12.5. The van der Waals surface area contributed by atoms with Crippen LogP contribution in [0.15, 0.2) is 49.1 Å². The number of unbranched alkanes of at least 4 members (excludes halogenated alkanes) is 9. The van der Waals surface area contributed by atoms with Gasteiger partial charge in [0.25, 0.3) is 0 Å². The van der Waals surface area contributed by atoms with Crippen molar-refractivity contribution >= 4 is 77.6 Å². The van der Waals surface area contributed by atoms with Crippen LogP contribution in [0.5, 0.6) is 0 Å². The van der Waals surface area contributed by atoms with Crippen LogP contribution in [0.2, 0.25) is 0 Å². The SMILES string of the molecule is C[C@@H](CCCCN(Cc1nccn1CC(=O)O)Cc1nccn1CC(=O)O)Nc1nc(Cc2ccc(CC3CN(CC(=O)O)CCN(CC(=O)O)CCN(CC(=O)O)CCN3CC(=O)O)cc2)nc(N2CCN(CCCCCCCCCCC(=O)NCCCC[C@H](NC(=O)N[C@@H](CCC(=O)O)C(=O)O)C(=O)O)CC2)n1. The summed E-state index contributed by atoms with van der Waals surface area (Å²) in [5, 5.41) is 97.1. The monoisotopic (exact) mass is 1550 g/mol. The van der Waals surface area contributed by atoms with Gasteiger partial charge in [-0.1, -0.05) is 69.2 Å². The van der Waals surface area contributed by atoms with Gasteiger partial charge in [0.2, 0.25) is 17.8 Å². The van der Waals surface area contributed by atoms with E-state index < -0.39 is 90.8 Å². The van der Waals surface area contributed by atoms with Crippen LogP contribution in [0.4, 0.5) is 16.7 Å². The van der Waals surface area contributed by atoms with Gasteiger partial charge in [-0.3, -0.25) is 67.8 Å². The van der Waals surface area contributed by atoms with Crippen LogP contribution >= 0.6 is 0 Å². The van der Waals surface area contributed by atoms with Crippen molar-refractivity contribution in [1.29, 1.82) is 0 Å². The van der Waals surface area contributed by atoms with Crippen molar-refractivity contribution in [3.8, 4) is 0 Å². The smallest absolute Gasteiger partial charge is 0.326 e. The Balaban J connectivity index is 1.04. The number of carboxylic acid groups (broad SMARTS) is 9. The molecule has 2 aliphatic heterocycles. The third-order valence-corrected chi connectivity index (χ3v) is 19.2. The molecule has 0 spiro atoms. The second-order valence-corrected chi connectivity index (χ2v) is 28.1. The molecule has 4 atom stereocenters. The van der Waals surface area contributed by atoms with Crippen LogP contribution in [0.1, 0.15) is 145 Å². The molecule has 38 heteroatoms. The first kappa shape index (κ1) is 88.9. The highest BCUT2D eigenvalue weighted by Crippen LogP contribution is 2.22. The normalized spacial score (nSPS) is 16.1. The van der Waals surface area contributed by atoms with Crippen LogP contribution < -0.4 is 26.2 Å². The molecule has 0 aliphatic carbocycles. The summed E-state index contributed by atoms with van der Waals surface area (Å²) in [6, 6.07) is 3.20. The van der Waals surface area contributed by atoms with Crippen LogP contribution in [0.3, 0.4) is 0 Å². The molecule has 2 aliphatic rings. The van der Waals surface area contributed by atoms with E-state index in [0.29, 0.717) is 114 Å². The number of nitrogens with one attached hydrogen (secondary N) is 4. The molecule has 0 bridgehead atoms. The van der Waals surface area contributed by atoms with Crippen LogP contribution in [0.25, 0.3) is 0 Å². The second-order valence-electron chi connectivity index (χ2n) is 28.1. The number of urea groups is 1. The summed E-state index contributed by atoms with van der Waals surface area (Å²) in [7, 11) is 0. The largest absolute Gasteiger partial charge is 0.481 e. The van der Waals surface area contributed by atoms with E-state index in [0.717, 1.165) is 88.5 Å². The van der Waals surface area contributed by atoms with E-state index in [1.165, 1.54) is 0 Å². The molecular weight excluding hydrogens is 1440 g/mol. The summed E-state index contributed by atoms with van der Waals surface area (Å²) in [5.41, 5.74) is 1.69. The number of amides is 3. The fourth-order valence-electron chi connectivity index (χ4n) is 13.3. The number of benzene rings is 1. The van der Waals surface area contributed by atoms with E-state index in [1.807, 2.05) is 31.2 Å². The van der Waals surface area contributed by atoms with Crippen molar-refractivity contribution in [2.45, 2.75) is 179 Å². The first-order valence-electron chi connectivity index (χ1n) is 37.6. The average Bonchev–Trinajstić information content (AvgIpc) is 0.997. The quantitative estimate of drug-likeness (QED) is 0.0282. The predicted molar refractivity (Wildman–Crippen MR) is 397 cm³/mol. The summed E-state index contributed by atoms with van der Waals surface area (Å²) in [6.45, 7) is 6.47. The fourth-order valence-corrected chi connectivity index (χ4v) is 13.3. The summed E-state index contributed by atoms with van der Waals surface area (Å²) in [5.74, 6) is -8.05. The van der Waals surface area contributed by atoms with Crippen molar-refractivity contribution < 1.29 is 98.7 Å². The van der Waals surface area contributed by atoms with Crippen molar-refractivity contribution in [2.24, 2.45) is 0 Å². The Bertz CT molecular complexity index is 3540. The number of hydrogen-bond donors (Lipinski definition) is 13. The fraction of sp³-hybridized carbons (Fsp3) is 0.639. The molecule has 0 saturated carbocycles. The van der Waals surface area contributed by atoms with Crippen LogP contribution in [0, 0.1) is 0 Å². The maximum atomic E-state index is 12.5. The minimum absolute atomic E-state index is 0.0291. The predicted octanol–water partition coefficient (Wildman–Crippen LogP) is 2.16.